The van der Waals surface area contributed by atoms with Crippen LogP contribution in [0.4, 0.5) is 4.39 Å². The van der Waals surface area contributed by atoms with E-state index in [9.17, 15) is 4.79 Å². The number of hydrogen-bond donors (Lipinski definition) is 3. The Morgan fingerprint density at radius 3 is 2.61 bits per heavy atom. The minimum absolute atomic E-state index is 0.000964. The van der Waals surface area contributed by atoms with Crippen molar-refractivity contribution in [1.29, 1.82) is 0 Å². The summed E-state index contributed by atoms with van der Waals surface area (Å²) in [7, 11) is 0. The van der Waals surface area contributed by atoms with Crippen LogP contribution < -0.4 is 21.1 Å². The van der Waals surface area contributed by atoms with Crippen LogP contribution in [0, 0.1) is 5.82 Å². The zero-order chi connectivity index (χ0) is 20.5. The first kappa shape index (κ1) is 22.1. The van der Waals surface area contributed by atoms with Crippen LogP contribution in [0.25, 0.3) is 0 Å². The average molecular weight is 408 g/mol. The summed E-state index contributed by atoms with van der Waals surface area (Å²) in [5.41, 5.74) is 5.84. The molecule has 0 aliphatic carbocycles. The zero-order valence-corrected chi connectivity index (χ0v) is 16.9. The third kappa shape index (κ3) is 6.19. The smallest absolute Gasteiger partial charge is 0.221 e. The fourth-order valence-corrected chi connectivity index (χ4v) is 3.09. The molecule has 0 saturated carbocycles. The van der Waals surface area contributed by atoms with Crippen molar-refractivity contribution in [3.63, 3.8) is 0 Å². The Balaban J connectivity index is 2.15. The molecule has 0 aromatic heterocycles. The molecule has 0 aliphatic rings. The van der Waals surface area contributed by atoms with Gasteiger partial charge in [-0.25, -0.2) is 4.39 Å². The summed E-state index contributed by atoms with van der Waals surface area (Å²) in [6.45, 7) is 4.67. The number of carbonyl (C=O) groups is 1. The highest BCUT2D eigenvalue weighted by molar-refractivity contribution is 6.32. The van der Waals surface area contributed by atoms with Crippen LogP contribution >= 0.6 is 11.6 Å². The lowest BCUT2D eigenvalue weighted by atomic mass is 10.0. The van der Waals surface area contributed by atoms with E-state index in [1.54, 1.807) is 36.4 Å². The molecule has 0 aliphatic heterocycles. The first-order chi connectivity index (χ1) is 13.5. The van der Waals surface area contributed by atoms with Gasteiger partial charge in [0.2, 0.25) is 5.91 Å². The molecule has 7 heteroatoms. The summed E-state index contributed by atoms with van der Waals surface area (Å²) in [5, 5.41) is 6.25. The summed E-state index contributed by atoms with van der Waals surface area (Å²) < 4.78 is 20.9. The predicted octanol–water partition coefficient (Wildman–Crippen LogP) is 4.17. The lowest BCUT2D eigenvalue weighted by Crippen LogP contribution is -2.37. The quantitative estimate of drug-likeness (QED) is 0.552. The second-order valence-corrected chi connectivity index (χ2v) is 6.97. The minimum Gasteiger partial charge on any atom is -0.453 e. The van der Waals surface area contributed by atoms with Crippen molar-refractivity contribution in [2.75, 3.05) is 13.1 Å². The van der Waals surface area contributed by atoms with E-state index in [2.05, 4.69) is 10.6 Å². The highest BCUT2D eigenvalue weighted by Crippen LogP contribution is 2.36. The maximum Gasteiger partial charge on any atom is 0.221 e. The van der Waals surface area contributed by atoms with E-state index in [0.29, 0.717) is 30.8 Å². The van der Waals surface area contributed by atoms with E-state index in [0.717, 1.165) is 0 Å². The molecule has 0 saturated heterocycles. The number of carbonyl (C=O) groups excluding carboxylic acids is 1. The Kier molecular flexibility index (Phi) is 8.70. The number of amides is 1. The lowest BCUT2D eigenvalue weighted by Gasteiger charge is -2.24. The summed E-state index contributed by atoms with van der Waals surface area (Å²) in [5.74, 6) is -0.0918. The van der Waals surface area contributed by atoms with Gasteiger partial charge >= 0.3 is 0 Å². The van der Waals surface area contributed by atoms with Crippen molar-refractivity contribution in [3.8, 4) is 11.5 Å². The van der Waals surface area contributed by atoms with Gasteiger partial charge in [0.15, 0.2) is 11.6 Å². The largest absolute Gasteiger partial charge is 0.453 e. The summed E-state index contributed by atoms with van der Waals surface area (Å²) in [6, 6.07) is 11.8. The molecular formula is C21H27ClFN3O2. The second-order valence-electron chi connectivity index (χ2n) is 6.57. The van der Waals surface area contributed by atoms with Gasteiger partial charge in [-0.1, -0.05) is 42.8 Å². The fourth-order valence-electron chi connectivity index (χ4n) is 2.91. The third-order valence-electron chi connectivity index (χ3n) is 4.27. The van der Waals surface area contributed by atoms with Crippen LogP contribution in [-0.2, 0) is 4.79 Å². The van der Waals surface area contributed by atoms with Crippen LogP contribution in [0.2, 0.25) is 5.02 Å². The van der Waals surface area contributed by atoms with Crippen molar-refractivity contribution in [2.24, 2.45) is 5.73 Å². The first-order valence-electron chi connectivity index (χ1n) is 9.39. The highest BCUT2D eigenvalue weighted by Gasteiger charge is 2.22. The molecule has 0 bridgehead atoms. The molecular weight excluding hydrogens is 381 g/mol. The Hall–Kier alpha value is -2.15. The summed E-state index contributed by atoms with van der Waals surface area (Å²) in [4.78, 5) is 11.9. The number of nitrogens with two attached hydrogens (primary N) is 1. The first-order valence-corrected chi connectivity index (χ1v) is 9.77. The van der Waals surface area contributed by atoms with E-state index in [4.69, 9.17) is 22.1 Å². The monoisotopic (exact) mass is 407 g/mol. The Morgan fingerprint density at radius 2 is 1.96 bits per heavy atom. The van der Waals surface area contributed by atoms with Gasteiger partial charge in [0.05, 0.1) is 5.02 Å². The molecule has 2 aromatic carbocycles. The average Bonchev–Trinajstić information content (AvgIpc) is 2.69. The van der Waals surface area contributed by atoms with Crippen molar-refractivity contribution < 1.29 is 13.9 Å². The summed E-state index contributed by atoms with van der Waals surface area (Å²) in [6.07, 6.45) is 0.914. The van der Waals surface area contributed by atoms with Crippen molar-refractivity contribution in [2.45, 2.75) is 38.8 Å². The zero-order valence-electron chi connectivity index (χ0n) is 16.2. The maximum absolute atomic E-state index is 15.2. The van der Waals surface area contributed by atoms with Gasteiger partial charge in [0, 0.05) is 37.2 Å². The molecule has 1 amide bonds. The molecule has 152 valence electrons. The minimum atomic E-state index is -0.504. The molecule has 2 atom stereocenters. The molecule has 0 unspecified atom stereocenters. The van der Waals surface area contributed by atoms with Gasteiger partial charge in [-0.15, -0.1) is 0 Å². The van der Waals surface area contributed by atoms with Crippen molar-refractivity contribution >= 4 is 17.5 Å². The van der Waals surface area contributed by atoms with Gasteiger partial charge in [-0.05, 0) is 31.5 Å². The molecule has 28 heavy (non-hydrogen) atoms. The molecule has 0 fully saturated rings. The molecule has 2 aromatic rings. The Bertz CT molecular complexity index is 774. The lowest BCUT2D eigenvalue weighted by molar-refractivity contribution is -0.121. The Labute approximate surface area is 170 Å². The molecule has 0 heterocycles. The van der Waals surface area contributed by atoms with E-state index >= 15 is 4.39 Å². The van der Waals surface area contributed by atoms with E-state index in [-0.39, 0.29) is 35.2 Å². The number of para-hydroxylation sites is 1. The van der Waals surface area contributed by atoms with Crippen molar-refractivity contribution in [3.05, 3.63) is 58.9 Å². The van der Waals surface area contributed by atoms with Gasteiger partial charge in [-0.3, -0.25) is 4.79 Å². The topological polar surface area (TPSA) is 76.4 Å². The van der Waals surface area contributed by atoms with E-state index in [1.807, 2.05) is 19.9 Å². The standard InChI is InChI=1S/C21H27ClFN3O2/c1-3-18(26-14(2)13-19(27)25-12-11-24)16-9-10-17(22)21(20(16)23)28-15-7-5-4-6-8-15/h4-10,14,18,26H,3,11-13,24H2,1-2H3,(H,25,27)/t14-,18+/m0/s1. The molecule has 4 N–H and O–H groups in total. The van der Waals surface area contributed by atoms with Crippen LogP contribution in [0.1, 0.15) is 38.3 Å². The van der Waals surface area contributed by atoms with Gasteiger partial charge in [-0.2, -0.15) is 0 Å². The van der Waals surface area contributed by atoms with E-state index in [1.165, 1.54) is 0 Å². The summed E-state index contributed by atoms with van der Waals surface area (Å²) >= 11 is 6.17. The molecule has 2 rings (SSSR count). The van der Waals surface area contributed by atoms with Crippen LogP contribution in [0.5, 0.6) is 11.5 Å². The van der Waals surface area contributed by atoms with Crippen molar-refractivity contribution in [1.82, 2.24) is 10.6 Å². The second kappa shape index (κ2) is 11.0. The predicted molar refractivity (Wildman–Crippen MR) is 110 cm³/mol. The number of hydrogen-bond acceptors (Lipinski definition) is 4. The SMILES string of the molecule is CC[C@@H](N[C@@H](C)CC(=O)NCCN)c1ccc(Cl)c(Oc2ccccc2)c1F. The van der Waals surface area contributed by atoms with Gasteiger partial charge < -0.3 is 21.1 Å². The molecule has 0 spiro atoms. The fraction of sp³-hybridized carbons (Fsp3) is 0.381. The molecule has 5 nitrogen and oxygen atoms in total. The van der Waals surface area contributed by atoms with E-state index < -0.39 is 5.82 Å². The van der Waals surface area contributed by atoms with Gasteiger partial charge in [0.25, 0.3) is 0 Å². The Morgan fingerprint density at radius 1 is 1.25 bits per heavy atom. The third-order valence-corrected chi connectivity index (χ3v) is 4.57. The number of benzene rings is 2. The van der Waals surface area contributed by atoms with Gasteiger partial charge in [0.1, 0.15) is 5.75 Å². The van der Waals surface area contributed by atoms with Crippen LogP contribution in [0.3, 0.4) is 0 Å². The number of halogens is 2. The number of ether oxygens (including phenoxy) is 1. The van der Waals surface area contributed by atoms with Crippen LogP contribution in [-0.4, -0.2) is 25.0 Å². The van der Waals surface area contributed by atoms with Crippen LogP contribution in [0.15, 0.2) is 42.5 Å². The maximum atomic E-state index is 15.2. The molecule has 0 radical (unpaired) electrons. The highest BCUT2D eigenvalue weighted by atomic mass is 35.5. The number of nitrogens with one attached hydrogen (secondary N) is 2. The number of rotatable bonds is 10. The normalized spacial score (nSPS) is 13.0.